The summed E-state index contributed by atoms with van der Waals surface area (Å²) in [4.78, 5) is 18.2. The van der Waals surface area contributed by atoms with Gasteiger partial charge < -0.3 is 10.3 Å². The highest BCUT2D eigenvalue weighted by atomic mass is 16.1. The topological polar surface area (TPSA) is 89.7 Å². The van der Waals surface area contributed by atoms with Crippen molar-refractivity contribution in [3.63, 3.8) is 0 Å². The quantitative estimate of drug-likeness (QED) is 0.549. The van der Waals surface area contributed by atoms with Crippen molar-refractivity contribution in [2.24, 2.45) is 11.8 Å². The van der Waals surface area contributed by atoms with Crippen LogP contribution < -0.4 is 10.9 Å². The average molecular weight is 457 g/mol. The molecule has 1 aromatic carbocycles. The van der Waals surface area contributed by atoms with Gasteiger partial charge in [-0.15, -0.1) is 0 Å². The monoisotopic (exact) mass is 456 g/mol. The molecule has 3 aromatic rings. The number of nitrogens with one attached hydrogen (secondary N) is 2. The van der Waals surface area contributed by atoms with Crippen molar-refractivity contribution < 1.29 is 0 Å². The van der Waals surface area contributed by atoms with Gasteiger partial charge >= 0.3 is 0 Å². The van der Waals surface area contributed by atoms with Crippen molar-refractivity contribution in [3.8, 4) is 6.07 Å². The molecule has 0 radical (unpaired) electrons. The van der Waals surface area contributed by atoms with Crippen LogP contribution in [0.5, 0.6) is 0 Å². The van der Waals surface area contributed by atoms with Crippen LogP contribution in [0.1, 0.15) is 68.5 Å². The van der Waals surface area contributed by atoms with Crippen LogP contribution in [0.2, 0.25) is 0 Å². The van der Waals surface area contributed by atoms with Gasteiger partial charge in [0.25, 0.3) is 5.56 Å². The molecule has 34 heavy (non-hydrogen) atoms. The fourth-order valence-corrected chi connectivity index (χ4v) is 6.36. The van der Waals surface area contributed by atoms with Crippen molar-refractivity contribution in [1.82, 2.24) is 19.7 Å². The summed E-state index contributed by atoms with van der Waals surface area (Å²) in [5.74, 6) is 1.35. The molecule has 176 valence electrons. The smallest absolute Gasteiger partial charge is 0.261 e. The van der Waals surface area contributed by atoms with Crippen LogP contribution in [0, 0.1) is 23.2 Å². The summed E-state index contributed by atoms with van der Waals surface area (Å²) in [6.07, 6.45) is 11.1. The maximum absolute atomic E-state index is 12.8. The largest absolute Gasteiger partial charge is 0.338 e. The van der Waals surface area contributed by atoms with Crippen LogP contribution in [-0.2, 0) is 13.1 Å². The Hall–Kier alpha value is -3.11. The number of aromatic nitrogens is 3. The molecule has 7 heteroatoms. The van der Waals surface area contributed by atoms with E-state index in [1.54, 1.807) is 6.20 Å². The van der Waals surface area contributed by atoms with E-state index in [-0.39, 0.29) is 17.5 Å². The van der Waals surface area contributed by atoms with Gasteiger partial charge in [-0.25, -0.2) is 0 Å². The number of nitrogens with zero attached hydrogens (tertiary/aromatic N) is 4. The Morgan fingerprint density at radius 3 is 2.71 bits per heavy atom. The molecule has 0 bridgehead atoms. The minimum atomic E-state index is -0.153. The van der Waals surface area contributed by atoms with Crippen molar-refractivity contribution >= 4 is 22.4 Å². The third kappa shape index (κ3) is 3.90. The minimum Gasteiger partial charge on any atom is -0.338 e. The summed E-state index contributed by atoms with van der Waals surface area (Å²) in [5, 5.41) is 18.6. The maximum Gasteiger partial charge on any atom is 0.261 e. The Morgan fingerprint density at radius 2 is 1.85 bits per heavy atom. The van der Waals surface area contributed by atoms with Gasteiger partial charge in [-0.2, -0.15) is 10.4 Å². The van der Waals surface area contributed by atoms with E-state index in [1.807, 2.05) is 10.7 Å². The Kier molecular flexibility index (Phi) is 5.62. The second-order valence-electron chi connectivity index (χ2n) is 10.4. The lowest BCUT2D eigenvalue weighted by atomic mass is 9.85. The minimum absolute atomic E-state index is 0.00256. The standard InChI is InChI=1S/C27H32N6O/c28-14-19-7-3-4-8-23(19)33-24-11-12-29-27(34)25(24)26(31-33)30-22-10-9-20-16-32(17-21(20)13-22)15-18-5-1-2-6-18/h9-13,18-19,23H,1-8,15-17H2,(H,29,34)(H,30,31)/t19?,23-/m0/s1. The fraction of sp³-hybridized carbons (Fsp3) is 0.519. The van der Waals surface area contributed by atoms with E-state index in [9.17, 15) is 10.1 Å². The van der Waals surface area contributed by atoms with E-state index < -0.39 is 0 Å². The number of benzene rings is 1. The lowest BCUT2D eigenvalue weighted by Crippen LogP contribution is -2.23. The number of hydrogen-bond donors (Lipinski definition) is 2. The van der Waals surface area contributed by atoms with E-state index in [1.165, 1.54) is 43.4 Å². The molecule has 7 nitrogen and oxygen atoms in total. The highest BCUT2D eigenvalue weighted by molar-refractivity contribution is 5.91. The molecule has 2 aromatic heterocycles. The number of H-pyrrole nitrogens is 1. The van der Waals surface area contributed by atoms with E-state index in [0.717, 1.165) is 55.9 Å². The molecular formula is C27H32N6O. The van der Waals surface area contributed by atoms with Crippen LogP contribution >= 0.6 is 0 Å². The van der Waals surface area contributed by atoms with Crippen LogP contribution in [0.25, 0.3) is 10.9 Å². The first-order chi connectivity index (χ1) is 16.7. The zero-order valence-electron chi connectivity index (χ0n) is 19.6. The number of fused-ring (bicyclic) bond motifs is 2. The van der Waals surface area contributed by atoms with Gasteiger partial charge in [0.1, 0.15) is 5.39 Å². The fourth-order valence-electron chi connectivity index (χ4n) is 6.36. The van der Waals surface area contributed by atoms with Crippen LogP contribution in [0.15, 0.2) is 35.3 Å². The maximum atomic E-state index is 12.8. The summed E-state index contributed by atoms with van der Waals surface area (Å²) in [5.41, 5.74) is 4.35. The molecular weight excluding hydrogens is 424 g/mol. The van der Waals surface area contributed by atoms with Crippen molar-refractivity contribution in [2.45, 2.75) is 70.5 Å². The SMILES string of the molecule is N#CC1CCCC[C@@H]1n1nc(Nc2ccc3c(c2)CN(CC2CCCC2)C3)c2c(=O)[nH]ccc21. The van der Waals surface area contributed by atoms with Crippen molar-refractivity contribution in [2.75, 3.05) is 11.9 Å². The Bertz CT molecular complexity index is 1290. The number of hydrogen-bond acceptors (Lipinski definition) is 5. The third-order valence-corrected chi connectivity index (χ3v) is 8.09. The number of nitriles is 1. The normalized spacial score (nSPS) is 23.3. The molecule has 0 spiro atoms. The molecule has 0 amide bonds. The average Bonchev–Trinajstić information content (AvgIpc) is 3.58. The molecule has 2 aliphatic carbocycles. The Labute approximate surface area is 199 Å². The summed E-state index contributed by atoms with van der Waals surface area (Å²) in [6, 6.07) is 10.9. The van der Waals surface area contributed by atoms with Crippen LogP contribution in [-0.4, -0.2) is 26.2 Å². The summed E-state index contributed by atoms with van der Waals surface area (Å²) in [6.45, 7) is 3.22. The highest BCUT2D eigenvalue weighted by Crippen LogP contribution is 2.37. The molecule has 2 saturated carbocycles. The van der Waals surface area contributed by atoms with Gasteiger partial charge in [0.15, 0.2) is 5.82 Å². The molecule has 3 aliphatic rings. The first-order valence-corrected chi connectivity index (χ1v) is 12.8. The first kappa shape index (κ1) is 21.4. The van der Waals surface area contributed by atoms with Gasteiger partial charge in [-0.3, -0.25) is 14.4 Å². The van der Waals surface area contributed by atoms with Crippen LogP contribution in [0.4, 0.5) is 11.5 Å². The third-order valence-electron chi connectivity index (χ3n) is 8.09. The van der Waals surface area contributed by atoms with Gasteiger partial charge in [0.05, 0.1) is 23.5 Å². The zero-order chi connectivity index (χ0) is 23.1. The molecule has 1 unspecified atom stereocenters. The molecule has 2 atom stereocenters. The van der Waals surface area contributed by atoms with Gasteiger partial charge in [0.2, 0.25) is 0 Å². The molecule has 2 N–H and O–H groups in total. The van der Waals surface area contributed by atoms with E-state index in [4.69, 9.17) is 5.10 Å². The molecule has 3 heterocycles. The van der Waals surface area contributed by atoms with Crippen molar-refractivity contribution in [3.05, 3.63) is 51.9 Å². The van der Waals surface area contributed by atoms with E-state index in [2.05, 4.69) is 39.5 Å². The first-order valence-electron chi connectivity index (χ1n) is 12.8. The second kappa shape index (κ2) is 8.92. The Balaban J connectivity index is 1.28. The van der Waals surface area contributed by atoms with Gasteiger partial charge in [-0.05, 0) is 60.9 Å². The van der Waals surface area contributed by atoms with Crippen molar-refractivity contribution in [1.29, 1.82) is 5.26 Å². The lowest BCUT2D eigenvalue weighted by molar-refractivity contribution is 0.237. The molecule has 1 aliphatic heterocycles. The van der Waals surface area contributed by atoms with Gasteiger partial charge in [-0.1, -0.05) is 31.7 Å². The predicted octanol–water partition coefficient (Wildman–Crippen LogP) is 5.23. The number of aromatic amines is 1. The molecule has 0 saturated heterocycles. The zero-order valence-corrected chi connectivity index (χ0v) is 19.6. The number of pyridine rings is 1. The highest BCUT2D eigenvalue weighted by Gasteiger charge is 2.30. The lowest BCUT2D eigenvalue weighted by Gasteiger charge is -2.27. The second-order valence-corrected chi connectivity index (χ2v) is 10.4. The molecule has 2 fully saturated rings. The molecule has 6 rings (SSSR count). The Morgan fingerprint density at radius 1 is 1.06 bits per heavy atom. The van der Waals surface area contributed by atoms with Crippen LogP contribution in [0.3, 0.4) is 0 Å². The summed E-state index contributed by atoms with van der Waals surface area (Å²) < 4.78 is 1.93. The van der Waals surface area contributed by atoms with E-state index >= 15 is 0 Å². The summed E-state index contributed by atoms with van der Waals surface area (Å²) >= 11 is 0. The number of anilines is 2. The number of rotatable bonds is 5. The van der Waals surface area contributed by atoms with E-state index in [0.29, 0.717) is 11.2 Å². The van der Waals surface area contributed by atoms with Gasteiger partial charge in [0, 0.05) is 31.5 Å². The summed E-state index contributed by atoms with van der Waals surface area (Å²) in [7, 11) is 0. The predicted molar refractivity (Wildman–Crippen MR) is 133 cm³/mol.